The number of benzene rings is 6. The molecule has 6 aromatic heterocycles. The second-order valence-corrected chi connectivity index (χ2v) is 35.5. The van der Waals surface area contributed by atoms with Gasteiger partial charge in [-0.05, 0) is 76.3 Å². The van der Waals surface area contributed by atoms with Gasteiger partial charge < -0.3 is 0 Å². The van der Waals surface area contributed by atoms with Gasteiger partial charge in [-0.2, -0.15) is 39.5 Å². The molecule has 0 unspecified atom stereocenters. The van der Waals surface area contributed by atoms with Gasteiger partial charge in [-0.15, -0.1) is 119 Å². The minimum absolute atomic E-state index is 0.0147. The van der Waals surface area contributed by atoms with E-state index in [2.05, 4.69) is 56.0 Å². The molecule has 0 aliphatic rings. The number of nitrogens with zero attached hydrogens (tertiary/aromatic N) is 11. The maximum atomic E-state index is 14.0. The fourth-order valence-corrected chi connectivity index (χ4v) is 16.0. The van der Waals surface area contributed by atoms with Gasteiger partial charge in [0.25, 0.3) is 0 Å². The molecule has 624 valence electrons. The van der Waals surface area contributed by atoms with Crippen molar-refractivity contribution in [2.24, 2.45) is 0 Å². The average Bonchev–Trinajstić information content (AvgIpc) is 1.56. The predicted octanol–water partition coefficient (Wildman–Crippen LogP) is 27.7. The Hall–Kier alpha value is -7.06. The summed E-state index contributed by atoms with van der Waals surface area (Å²) in [6.07, 6.45) is -13.2. The van der Waals surface area contributed by atoms with Gasteiger partial charge >= 0.3 is 18.5 Å². The summed E-state index contributed by atoms with van der Waals surface area (Å²) in [6.45, 7) is 23.4. The minimum Gasteiger partial charge on any atom is -0.236 e. The summed E-state index contributed by atoms with van der Waals surface area (Å²) in [4.78, 5) is 3.56. The standard InChI is InChI=1S/C14H12F5NS.2C13H11ClF4N2S.C12H11Cl2FN2S.C12H11ClF2N2S.C12H12F2N2S/c1-7(2)13-20-12(14(17,18)19)11(21-13)5-8-3-4-9(15)6-10(8)16;1-6(2)12-20-19-10(21-12)4-7-3-8(13(16,17)18)5-9(14)11(7)15;1-6(2)12-20-19-9(21-12)5-7-3-4-8(13(16,17)18)10(14)11(7)15;1-6(2)12-17-16-10(18-12)5-7-8(13)3-4-9(14)11(7)15;1-6(2)12-17-16-9(18-12)5-7-3-4-8(14)10(13)11(7)15;1-7(2)12-16-15-11(17-12)5-8-3-4-9(13)6-10(8)14/h3-4,6-7H,5H2,1-2H3;3,5-6H,4H2,1-2H3;3-4,6H,5H2,1-2H3;2*3-4,6H,5H2,1-2H3;3-4,6-7H,5H2,1-2H3. The second kappa shape index (κ2) is 42.2. The zero-order valence-electron chi connectivity index (χ0n) is 62.9. The smallest absolute Gasteiger partial charge is 0.236 e. The molecule has 0 fully saturated rings. The van der Waals surface area contributed by atoms with Crippen molar-refractivity contribution in [3.8, 4) is 0 Å². The van der Waals surface area contributed by atoms with E-state index in [1.807, 2.05) is 69.2 Å². The summed E-state index contributed by atoms with van der Waals surface area (Å²) >= 11 is 36.1. The van der Waals surface area contributed by atoms with Crippen LogP contribution in [0.3, 0.4) is 0 Å². The van der Waals surface area contributed by atoms with Gasteiger partial charge in [-0.3, -0.25) is 0 Å². The third-order valence-corrected chi connectivity index (χ3v) is 24.7. The van der Waals surface area contributed by atoms with Gasteiger partial charge in [0.1, 0.15) is 107 Å². The Bertz CT molecular complexity index is 5270. The zero-order valence-corrected chi connectivity index (χ0v) is 71.5. The van der Waals surface area contributed by atoms with Crippen molar-refractivity contribution in [1.29, 1.82) is 0 Å². The average molecular weight is 1850 g/mol. The molecule has 0 aliphatic carbocycles. The lowest BCUT2D eigenvalue weighted by Gasteiger charge is -2.11. The van der Waals surface area contributed by atoms with Crippen LogP contribution in [0.1, 0.15) is 229 Å². The van der Waals surface area contributed by atoms with Crippen LogP contribution in [-0.2, 0) is 57.1 Å². The number of halogens is 23. The van der Waals surface area contributed by atoms with Gasteiger partial charge in [0.05, 0.1) is 31.2 Å². The highest BCUT2D eigenvalue weighted by Gasteiger charge is 2.39. The molecule has 0 amide bonds. The maximum Gasteiger partial charge on any atom is 0.434 e. The molecule has 0 aliphatic heterocycles. The predicted molar refractivity (Wildman–Crippen MR) is 421 cm³/mol. The first-order valence-corrected chi connectivity index (χ1v) is 41.3. The van der Waals surface area contributed by atoms with Crippen molar-refractivity contribution in [1.82, 2.24) is 56.0 Å². The van der Waals surface area contributed by atoms with E-state index in [4.69, 9.17) is 58.0 Å². The fraction of sp³-hybridized carbons (Fsp3) is 0.355. The lowest BCUT2D eigenvalue weighted by molar-refractivity contribution is -0.141. The Labute approximate surface area is 704 Å². The summed E-state index contributed by atoms with van der Waals surface area (Å²) in [7, 11) is 0. The monoisotopic (exact) mass is 1840 g/mol. The van der Waals surface area contributed by atoms with Gasteiger partial charge in [0.2, 0.25) is 0 Å². The number of thiazole rings is 1. The summed E-state index contributed by atoms with van der Waals surface area (Å²) in [6, 6.07) is 15.2. The van der Waals surface area contributed by atoms with Crippen LogP contribution in [0.5, 0.6) is 0 Å². The fourth-order valence-electron chi connectivity index (χ4n) is 9.44. The van der Waals surface area contributed by atoms with Crippen molar-refractivity contribution in [2.75, 3.05) is 0 Å². The van der Waals surface area contributed by atoms with E-state index >= 15 is 0 Å². The molecule has 6 heterocycles. The first-order chi connectivity index (χ1) is 54.1. The number of rotatable bonds is 18. The van der Waals surface area contributed by atoms with E-state index < -0.39 is 103 Å². The van der Waals surface area contributed by atoms with Crippen molar-refractivity contribution in [3.63, 3.8) is 0 Å². The molecule has 12 rings (SSSR count). The molecular weight excluding hydrogens is 1780 g/mol. The molecular formula is C76H68Cl5F18N11S6. The van der Waals surface area contributed by atoms with Crippen LogP contribution < -0.4 is 0 Å². The lowest BCUT2D eigenvalue weighted by atomic mass is 10.1. The molecule has 0 bridgehead atoms. The minimum atomic E-state index is -4.68. The second-order valence-electron chi connectivity index (χ2n) is 26.9. The summed E-state index contributed by atoms with van der Waals surface area (Å²) in [5.41, 5.74) is -2.05. The molecule has 6 aromatic carbocycles. The maximum absolute atomic E-state index is 14.0. The van der Waals surface area contributed by atoms with E-state index in [-0.39, 0.29) is 75.9 Å². The molecule has 0 saturated heterocycles. The summed E-state index contributed by atoms with van der Waals surface area (Å²) in [5.74, 6) is -5.47. The van der Waals surface area contributed by atoms with E-state index in [1.165, 1.54) is 80.9 Å². The zero-order chi connectivity index (χ0) is 86.3. The quantitative estimate of drug-likeness (QED) is 0.0460. The summed E-state index contributed by atoms with van der Waals surface area (Å²) in [5, 5.41) is 46.2. The van der Waals surface area contributed by atoms with Crippen molar-refractivity contribution >= 4 is 126 Å². The number of alkyl halides is 9. The largest absolute Gasteiger partial charge is 0.434 e. The van der Waals surface area contributed by atoms with E-state index in [0.29, 0.717) is 78.6 Å². The van der Waals surface area contributed by atoms with Crippen LogP contribution in [-0.4, -0.2) is 56.0 Å². The van der Waals surface area contributed by atoms with Gasteiger partial charge in [-0.25, -0.2) is 44.5 Å². The lowest BCUT2D eigenvalue weighted by Crippen LogP contribution is -2.09. The van der Waals surface area contributed by atoms with Crippen molar-refractivity contribution in [3.05, 3.63) is 273 Å². The Kier molecular flexibility index (Phi) is 35.0. The van der Waals surface area contributed by atoms with Crippen LogP contribution in [0.15, 0.2) is 84.9 Å². The highest BCUT2D eigenvalue weighted by Crippen LogP contribution is 2.41. The van der Waals surface area contributed by atoms with E-state index in [1.54, 1.807) is 19.9 Å². The van der Waals surface area contributed by atoms with Crippen molar-refractivity contribution < 1.29 is 79.0 Å². The Morgan fingerprint density at radius 1 is 0.302 bits per heavy atom. The highest BCUT2D eigenvalue weighted by molar-refractivity contribution is 7.13. The molecule has 12 aromatic rings. The summed E-state index contributed by atoms with van der Waals surface area (Å²) < 4.78 is 236. The Morgan fingerprint density at radius 3 is 1.04 bits per heavy atom. The first-order valence-electron chi connectivity index (χ1n) is 34.5. The van der Waals surface area contributed by atoms with Crippen LogP contribution in [0.25, 0.3) is 0 Å². The molecule has 0 saturated carbocycles. The molecule has 0 N–H and O–H groups in total. The SMILES string of the molecule is CC(C)c1nc(C(F)(F)F)c(Cc2ccc(F)cc2F)s1.CC(C)c1nnc(Cc2c(Cl)ccc(Cl)c2F)s1.CC(C)c1nnc(Cc2cc(C(F)(F)F)cc(Cl)c2F)s1.CC(C)c1nnc(Cc2ccc(C(F)(F)F)c(Cl)c2F)s1.CC(C)c1nnc(Cc2ccc(F)c(Cl)c2F)s1.CC(C)c1nnc(Cc2ccc(F)cc2F)s1. The highest BCUT2D eigenvalue weighted by atomic mass is 35.5. The van der Waals surface area contributed by atoms with Gasteiger partial charge in [-0.1, -0.05) is 165 Å². The molecule has 11 nitrogen and oxygen atoms in total. The van der Waals surface area contributed by atoms with Crippen LogP contribution in [0, 0.1) is 52.4 Å². The van der Waals surface area contributed by atoms with Crippen molar-refractivity contribution in [2.45, 2.75) is 176 Å². The molecule has 116 heavy (non-hydrogen) atoms. The third-order valence-electron chi connectivity index (χ3n) is 15.6. The topological polar surface area (TPSA) is 142 Å². The number of hydrogen-bond donors (Lipinski definition) is 0. The molecule has 0 spiro atoms. The molecule has 0 atom stereocenters. The first kappa shape index (κ1) is 96.1. The normalized spacial score (nSPS) is 11.7. The van der Waals surface area contributed by atoms with Crippen LogP contribution >= 0.6 is 126 Å². The van der Waals surface area contributed by atoms with E-state index in [0.717, 1.165) is 88.9 Å². The number of hydrogen-bond acceptors (Lipinski definition) is 17. The Morgan fingerprint density at radius 2 is 0.664 bits per heavy atom. The molecule has 0 radical (unpaired) electrons. The van der Waals surface area contributed by atoms with Gasteiger partial charge in [0.15, 0.2) is 5.69 Å². The Balaban J connectivity index is 0.000000193. The van der Waals surface area contributed by atoms with E-state index in [9.17, 15) is 79.0 Å². The van der Waals surface area contributed by atoms with Crippen LogP contribution in [0.2, 0.25) is 25.1 Å². The van der Waals surface area contributed by atoms with Gasteiger partial charge in [0, 0.05) is 102 Å². The van der Waals surface area contributed by atoms with Crippen LogP contribution in [0.4, 0.5) is 79.0 Å². The molecule has 40 heteroatoms. The third kappa shape index (κ3) is 27.5. The number of aromatic nitrogens is 11.